The number of hydrogen-bond acceptors (Lipinski definition) is 6. The Kier molecular flexibility index (Phi) is 53.9. The third-order valence-corrected chi connectivity index (χ3v) is 12.1. The van der Waals surface area contributed by atoms with E-state index in [1.807, 2.05) is 0 Å². The Hall–Kier alpha value is -3.67. The molecule has 0 aromatic heterocycles. The second kappa shape index (κ2) is 56.9. The maximum atomic E-state index is 12.8. The van der Waals surface area contributed by atoms with Crippen LogP contribution in [0.1, 0.15) is 265 Å². The van der Waals surface area contributed by atoms with Crippen LogP contribution >= 0.6 is 0 Å². The van der Waals surface area contributed by atoms with Crippen LogP contribution in [0.2, 0.25) is 0 Å². The Bertz CT molecular complexity index is 1380. The molecule has 0 saturated heterocycles. The van der Waals surface area contributed by atoms with E-state index >= 15 is 0 Å². The van der Waals surface area contributed by atoms with E-state index in [2.05, 4.69) is 118 Å². The summed E-state index contributed by atoms with van der Waals surface area (Å²) in [6.45, 7) is 6.45. The Morgan fingerprint density at radius 1 is 0.319 bits per heavy atom. The molecule has 0 heterocycles. The molecule has 1 unspecified atom stereocenters. The van der Waals surface area contributed by atoms with Gasteiger partial charge in [-0.05, 0) is 109 Å². The Labute approximate surface area is 426 Å². The van der Waals surface area contributed by atoms with Gasteiger partial charge in [0.25, 0.3) is 0 Å². The minimum Gasteiger partial charge on any atom is -0.462 e. The summed E-state index contributed by atoms with van der Waals surface area (Å²) in [4.78, 5) is 38.2. The summed E-state index contributed by atoms with van der Waals surface area (Å²) in [7, 11) is 0. The van der Waals surface area contributed by atoms with Crippen molar-refractivity contribution in [2.24, 2.45) is 0 Å². The lowest BCUT2D eigenvalue weighted by Gasteiger charge is -2.18. The Balaban J connectivity index is 4.47. The summed E-state index contributed by atoms with van der Waals surface area (Å²) < 4.78 is 16.8. The maximum absolute atomic E-state index is 12.8. The third kappa shape index (κ3) is 55.1. The van der Waals surface area contributed by atoms with Crippen molar-refractivity contribution < 1.29 is 28.6 Å². The molecule has 0 spiro atoms. The molecule has 0 aromatic carbocycles. The first-order valence-corrected chi connectivity index (χ1v) is 28.8. The van der Waals surface area contributed by atoms with Gasteiger partial charge in [-0.15, -0.1) is 0 Å². The molecule has 0 rings (SSSR count). The van der Waals surface area contributed by atoms with Gasteiger partial charge in [-0.2, -0.15) is 0 Å². The standard InChI is InChI=1S/C63H106O6/c1-4-7-10-13-16-19-22-25-28-31-32-33-36-38-41-44-47-50-53-56-62(65)68-59-60(69-63(66)57-54-51-48-45-42-39-35-30-27-24-21-18-15-12-9-6-3)58-67-61(64)55-52-49-46-43-40-37-34-29-26-23-20-17-14-11-8-5-2/h9,12,16,18-19,21-22,25,27,29-30,34,37,39-40,42,60H,4-8,10-11,13-15,17,20,23-24,26,28,31-33,35-36,38,41,43-59H2,1-3H3/b12-9-,19-16-,21-18-,25-22-,30-27-,34-29-,40-37-,42-39-. The van der Waals surface area contributed by atoms with E-state index in [4.69, 9.17) is 14.2 Å². The monoisotopic (exact) mass is 959 g/mol. The van der Waals surface area contributed by atoms with Crippen LogP contribution in [-0.4, -0.2) is 37.2 Å². The molecule has 0 aliphatic rings. The number of ether oxygens (including phenoxy) is 3. The molecule has 6 heteroatoms. The van der Waals surface area contributed by atoms with Crippen LogP contribution in [0.25, 0.3) is 0 Å². The van der Waals surface area contributed by atoms with Gasteiger partial charge in [-0.25, -0.2) is 0 Å². The highest BCUT2D eigenvalue weighted by atomic mass is 16.6. The lowest BCUT2D eigenvalue weighted by molar-refractivity contribution is -0.167. The zero-order valence-electron chi connectivity index (χ0n) is 45.0. The molecule has 0 aliphatic heterocycles. The van der Waals surface area contributed by atoms with Gasteiger partial charge in [-0.3, -0.25) is 14.4 Å². The summed E-state index contributed by atoms with van der Waals surface area (Å²) >= 11 is 0. The first kappa shape index (κ1) is 65.3. The normalized spacial score (nSPS) is 12.8. The van der Waals surface area contributed by atoms with Gasteiger partial charge in [0, 0.05) is 19.3 Å². The van der Waals surface area contributed by atoms with Gasteiger partial charge < -0.3 is 14.2 Å². The van der Waals surface area contributed by atoms with Crippen molar-refractivity contribution in [2.75, 3.05) is 13.2 Å². The molecule has 0 N–H and O–H groups in total. The van der Waals surface area contributed by atoms with Crippen molar-refractivity contribution >= 4 is 17.9 Å². The van der Waals surface area contributed by atoms with E-state index in [-0.39, 0.29) is 37.5 Å². The van der Waals surface area contributed by atoms with Gasteiger partial charge in [0.2, 0.25) is 0 Å². The number of hydrogen-bond donors (Lipinski definition) is 0. The molecule has 394 valence electrons. The third-order valence-electron chi connectivity index (χ3n) is 12.1. The smallest absolute Gasteiger partial charge is 0.306 e. The molecule has 0 fully saturated rings. The van der Waals surface area contributed by atoms with Crippen LogP contribution in [0.3, 0.4) is 0 Å². The van der Waals surface area contributed by atoms with Crippen LogP contribution in [0.15, 0.2) is 97.2 Å². The molecule has 0 amide bonds. The highest BCUT2D eigenvalue weighted by Gasteiger charge is 2.19. The number of carbonyl (C=O) groups is 3. The van der Waals surface area contributed by atoms with Gasteiger partial charge in [0.1, 0.15) is 13.2 Å². The molecule has 1 atom stereocenters. The fourth-order valence-corrected chi connectivity index (χ4v) is 7.77. The molecule has 69 heavy (non-hydrogen) atoms. The molecule has 0 aromatic rings. The van der Waals surface area contributed by atoms with E-state index in [1.54, 1.807) is 0 Å². The van der Waals surface area contributed by atoms with Crippen LogP contribution in [-0.2, 0) is 28.6 Å². The summed E-state index contributed by atoms with van der Waals surface area (Å²) in [5.74, 6) is -0.960. The molecule has 0 aliphatic carbocycles. The molecular formula is C63H106O6. The highest BCUT2D eigenvalue weighted by Crippen LogP contribution is 2.14. The first-order valence-electron chi connectivity index (χ1n) is 28.8. The first-order chi connectivity index (χ1) is 34.0. The summed E-state index contributed by atoms with van der Waals surface area (Å²) in [6.07, 6.45) is 75.4. The summed E-state index contributed by atoms with van der Waals surface area (Å²) in [5, 5.41) is 0. The van der Waals surface area contributed by atoms with Crippen molar-refractivity contribution in [1.29, 1.82) is 0 Å². The molecule has 0 radical (unpaired) electrons. The van der Waals surface area contributed by atoms with Crippen LogP contribution in [0.4, 0.5) is 0 Å². The zero-order valence-corrected chi connectivity index (χ0v) is 45.0. The van der Waals surface area contributed by atoms with Crippen molar-refractivity contribution in [2.45, 2.75) is 271 Å². The quantitative estimate of drug-likeness (QED) is 0.0199. The van der Waals surface area contributed by atoms with Crippen molar-refractivity contribution in [3.8, 4) is 0 Å². The largest absolute Gasteiger partial charge is 0.462 e. The number of esters is 3. The lowest BCUT2D eigenvalue weighted by atomic mass is 10.1. The summed E-state index contributed by atoms with van der Waals surface area (Å²) in [6, 6.07) is 0. The molecule has 0 saturated carbocycles. The Morgan fingerprint density at radius 3 is 1.01 bits per heavy atom. The number of unbranched alkanes of at least 4 members (excludes halogenated alkanes) is 26. The van der Waals surface area contributed by atoms with E-state index in [9.17, 15) is 14.4 Å². The second-order valence-electron chi connectivity index (χ2n) is 18.9. The molecular weight excluding hydrogens is 853 g/mol. The van der Waals surface area contributed by atoms with E-state index < -0.39 is 6.10 Å². The van der Waals surface area contributed by atoms with Gasteiger partial charge in [0.05, 0.1) is 0 Å². The second-order valence-corrected chi connectivity index (χ2v) is 18.9. The maximum Gasteiger partial charge on any atom is 0.306 e. The van der Waals surface area contributed by atoms with Gasteiger partial charge in [0.15, 0.2) is 6.10 Å². The van der Waals surface area contributed by atoms with Crippen LogP contribution in [0, 0.1) is 0 Å². The zero-order chi connectivity index (χ0) is 50.0. The Morgan fingerprint density at radius 2 is 0.609 bits per heavy atom. The molecule has 0 bridgehead atoms. The van der Waals surface area contributed by atoms with Gasteiger partial charge >= 0.3 is 17.9 Å². The minimum atomic E-state index is -0.808. The predicted molar refractivity (Wildman–Crippen MR) is 297 cm³/mol. The van der Waals surface area contributed by atoms with E-state index in [0.29, 0.717) is 12.8 Å². The average molecular weight is 960 g/mol. The fourth-order valence-electron chi connectivity index (χ4n) is 7.77. The van der Waals surface area contributed by atoms with Gasteiger partial charge in [-0.1, -0.05) is 234 Å². The van der Waals surface area contributed by atoms with Crippen LogP contribution < -0.4 is 0 Å². The number of allylic oxidation sites excluding steroid dienone is 16. The van der Waals surface area contributed by atoms with Crippen molar-refractivity contribution in [3.05, 3.63) is 97.2 Å². The highest BCUT2D eigenvalue weighted by molar-refractivity contribution is 5.71. The van der Waals surface area contributed by atoms with Crippen molar-refractivity contribution in [1.82, 2.24) is 0 Å². The van der Waals surface area contributed by atoms with Crippen LogP contribution in [0.5, 0.6) is 0 Å². The fraction of sp³-hybridized carbons (Fsp3) is 0.698. The number of carbonyl (C=O) groups excluding carboxylic acids is 3. The van der Waals surface area contributed by atoms with E-state index in [0.717, 1.165) is 103 Å². The predicted octanol–water partition coefficient (Wildman–Crippen LogP) is 19.3. The lowest BCUT2D eigenvalue weighted by Crippen LogP contribution is -2.30. The summed E-state index contributed by atoms with van der Waals surface area (Å²) in [5.41, 5.74) is 0. The topological polar surface area (TPSA) is 78.9 Å². The number of rotatable bonds is 51. The van der Waals surface area contributed by atoms with Crippen molar-refractivity contribution in [3.63, 3.8) is 0 Å². The average Bonchev–Trinajstić information content (AvgIpc) is 3.35. The minimum absolute atomic E-state index is 0.101. The SMILES string of the molecule is CC/C=C\C/C=C\C/C=C\C/C=C\CCCCCC(=O)OC(COC(=O)CCCCC/C=C\C=C/CCCCCCCCC)COC(=O)CCCCCCCCCCCC/C=C\C=C/CCCCC. The molecule has 6 nitrogen and oxygen atoms in total. The van der Waals surface area contributed by atoms with E-state index in [1.165, 1.54) is 122 Å².